The molecule has 0 N–H and O–H groups in total. The van der Waals surface area contributed by atoms with E-state index < -0.39 is 0 Å². The first-order chi connectivity index (χ1) is 8.28. The highest BCUT2D eigenvalue weighted by Crippen LogP contribution is 2.19. The fraction of sp³-hybridized carbons (Fsp3) is 0.200. The van der Waals surface area contributed by atoms with Crippen LogP contribution in [0, 0.1) is 6.92 Å². The molecular weight excluding hydrogens is 212 g/mol. The largest absolute Gasteiger partial charge is 0.497 e. The van der Waals surface area contributed by atoms with Crippen molar-refractivity contribution in [3.63, 3.8) is 0 Å². The van der Waals surface area contributed by atoms with Crippen molar-refractivity contribution < 1.29 is 9.47 Å². The Morgan fingerprint density at radius 2 is 1.82 bits per heavy atom. The number of hydrogen-bond donors (Lipinski definition) is 0. The van der Waals surface area contributed by atoms with E-state index >= 15 is 0 Å². The van der Waals surface area contributed by atoms with E-state index in [-0.39, 0.29) is 0 Å². The Morgan fingerprint density at radius 1 is 1.06 bits per heavy atom. The molecule has 0 saturated carbocycles. The van der Waals surface area contributed by atoms with Crippen molar-refractivity contribution in [3.05, 3.63) is 59.7 Å². The van der Waals surface area contributed by atoms with Crippen molar-refractivity contribution in [2.75, 3.05) is 7.11 Å². The zero-order valence-corrected chi connectivity index (χ0v) is 10.1. The van der Waals surface area contributed by atoms with E-state index in [2.05, 4.69) is 12.1 Å². The van der Waals surface area contributed by atoms with E-state index in [1.54, 1.807) is 7.11 Å². The summed E-state index contributed by atoms with van der Waals surface area (Å²) < 4.78 is 10.2. The summed E-state index contributed by atoms with van der Waals surface area (Å²) >= 11 is 0. The van der Waals surface area contributed by atoms with Crippen molar-refractivity contribution >= 4 is 0 Å². The van der Waals surface area contributed by atoms with Crippen LogP contribution in [0.4, 0.5) is 0 Å². The Balaban J connectivity index is 0.000000127. The van der Waals surface area contributed by atoms with Gasteiger partial charge in [-0.15, -0.1) is 0 Å². The topological polar surface area (TPSA) is 18.5 Å². The molecule has 0 spiro atoms. The van der Waals surface area contributed by atoms with Crippen LogP contribution in [-0.2, 0) is 6.61 Å². The van der Waals surface area contributed by atoms with Crippen LogP contribution in [0.1, 0.15) is 11.1 Å². The van der Waals surface area contributed by atoms with Gasteiger partial charge in [0, 0.05) is 0 Å². The van der Waals surface area contributed by atoms with E-state index in [0.717, 1.165) is 18.1 Å². The second-order valence-electron chi connectivity index (χ2n) is 3.95. The van der Waals surface area contributed by atoms with Crippen LogP contribution < -0.4 is 9.47 Å². The molecule has 88 valence electrons. The third kappa shape index (κ3) is 3.25. The Bertz CT molecular complexity index is 452. The Hall–Kier alpha value is -1.96. The molecule has 0 radical (unpaired) electrons. The minimum atomic E-state index is 0.766. The first-order valence-electron chi connectivity index (χ1n) is 5.60. The quantitative estimate of drug-likeness (QED) is 0.742. The van der Waals surface area contributed by atoms with E-state index in [9.17, 15) is 0 Å². The lowest BCUT2D eigenvalue weighted by Crippen LogP contribution is -2.00. The second-order valence-corrected chi connectivity index (χ2v) is 3.95. The first kappa shape index (κ1) is 11.5. The summed E-state index contributed by atoms with van der Waals surface area (Å²) in [6.07, 6.45) is 0. The van der Waals surface area contributed by atoms with Crippen molar-refractivity contribution in [1.29, 1.82) is 0 Å². The monoisotopic (exact) mass is 228 g/mol. The third-order valence-corrected chi connectivity index (χ3v) is 2.55. The van der Waals surface area contributed by atoms with Gasteiger partial charge in [0.2, 0.25) is 0 Å². The zero-order chi connectivity index (χ0) is 12.1. The van der Waals surface area contributed by atoms with Gasteiger partial charge in [0.15, 0.2) is 0 Å². The molecule has 0 saturated heterocycles. The van der Waals surface area contributed by atoms with Gasteiger partial charge in [-0.05, 0) is 42.3 Å². The number of methoxy groups -OCH3 is 1. The predicted octanol–water partition coefficient (Wildman–Crippen LogP) is 3.58. The number of aryl methyl sites for hydroxylation is 1. The maximum Gasteiger partial charge on any atom is 0.119 e. The first-order valence-corrected chi connectivity index (χ1v) is 5.60. The molecule has 4 rings (SSSR count). The van der Waals surface area contributed by atoms with Crippen LogP contribution in [-0.4, -0.2) is 7.11 Å². The van der Waals surface area contributed by atoms with Crippen LogP contribution in [0.5, 0.6) is 11.5 Å². The molecule has 2 nitrogen and oxygen atoms in total. The normalized spacial score (nSPS) is 11.2. The minimum Gasteiger partial charge on any atom is -0.497 e. The highest BCUT2D eigenvalue weighted by molar-refractivity contribution is 5.30. The van der Waals surface area contributed by atoms with Crippen molar-refractivity contribution in [1.82, 2.24) is 0 Å². The number of fused-ring (bicyclic) bond motifs is 3. The second kappa shape index (κ2) is 5.39. The van der Waals surface area contributed by atoms with Gasteiger partial charge < -0.3 is 9.47 Å². The molecule has 0 fully saturated rings. The molecule has 2 bridgehead atoms. The summed E-state index contributed by atoms with van der Waals surface area (Å²) in [5.74, 6) is 1.91. The number of benzene rings is 2. The average molecular weight is 228 g/mol. The van der Waals surface area contributed by atoms with Gasteiger partial charge in [-0.25, -0.2) is 0 Å². The summed E-state index contributed by atoms with van der Waals surface area (Å²) in [6.45, 7) is 2.81. The molecule has 2 aliphatic rings. The van der Waals surface area contributed by atoms with E-state index in [0.29, 0.717) is 0 Å². The Morgan fingerprint density at radius 3 is 2.12 bits per heavy atom. The van der Waals surface area contributed by atoms with Gasteiger partial charge in [-0.1, -0.05) is 24.3 Å². The van der Waals surface area contributed by atoms with E-state index in [4.69, 9.17) is 9.47 Å². The summed E-state index contributed by atoms with van der Waals surface area (Å²) in [7, 11) is 1.68. The van der Waals surface area contributed by atoms with Crippen molar-refractivity contribution in [2.45, 2.75) is 13.5 Å². The smallest absolute Gasteiger partial charge is 0.119 e. The summed E-state index contributed by atoms with van der Waals surface area (Å²) in [4.78, 5) is 0. The van der Waals surface area contributed by atoms with Crippen molar-refractivity contribution in [2.24, 2.45) is 0 Å². The molecule has 2 heteroatoms. The standard InChI is InChI=1S/C8H10O.C7H6O/c1-7-4-3-5-8(6-7)9-2;1-3-7-4-2-6(1)5-8-7/h3-6H,1-2H3;1-4H,5H2. The number of ether oxygens (including phenoxy) is 2. The fourth-order valence-corrected chi connectivity index (χ4v) is 1.59. The van der Waals surface area contributed by atoms with Gasteiger partial charge >= 0.3 is 0 Å². The predicted molar refractivity (Wildman–Crippen MR) is 68.5 cm³/mol. The maximum absolute atomic E-state index is 5.18. The summed E-state index contributed by atoms with van der Waals surface area (Å²) in [5, 5.41) is 0. The van der Waals surface area contributed by atoms with Crippen LogP contribution in [0.25, 0.3) is 0 Å². The zero-order valence-electron chi connectivity index (χ0n) is 10.1. The molecule has 0 amide bonds. The molecule has 0 aliphatic carbocycles. The fourth-order valence-electron chi connectivity index (χ4n) is 1.59. The molecule has 2 heterocycles. The third-order valence-electron chi connectivity index (χ3n) is 2.55. The lowest BCUT2D eigenvalue weighted by molar-refractivity contribution is 0.295. The van der Waals surface area contributed by atoms with E-state index in [1.807, 2.05) is 43.3 Å². The van der Waals surface area contributed by atoms with E-state index in [1.165, 1.54) is 11.1 Å². The van der Waals surface area contributed by atoms with Crippen molar-refractivity contribution in [3.8, 4) is 11.5 Å². The maximum atomic E-state index is 5.18. The summed E-state index contributed by atoms with van der Waals surface area (Å²) in [5.41, 5.74) is 2.49. The molecule has 0 atom stereocenters. The lowest BCUT2D eigenvalue weighted by atomic mass is 10.2. The Labute approximate surface area is 102 Å². The van der Waals surface area contributed by atoms with Gasteiger partial charge in [0.25, 0.3) is 0 Å². The molecule has 0 aromatic heterocycles. The van der Waals surface area contributed by atoms with Gasteiger partial charge in [-0.2, -0.15) is 0 Å². The van der Waals surface area contributed by atoms with Crippen LogP contribution in [0.3, 0.4) is 0 Å². The SMILES string of the molecule is COc1cccc(C)c1.c1cc2ccc1CO2. The van der Waals surface area contributed by atoms with Crippen LogP contribution >= 0.6 is 0 Å². The molecular formula is C15H16O2. The highest BCUT2D eigenvalue weighted by atomic mass is 16.5. The van der Waals surface area contributed by atoms with Crippen LogP contribution in [0.15, 0.2) is 48.5 Å². The molecule has 2 aromatic carbocycles. The summed E-state index contributed by atoms with van der Waals surface area (Å²) in [6, 6.07) is 16.1. The molecule has 0 unspecified atom stereocenters. The van der Waals surface area contributed by atoms with Gasteiger partial charge in [-0.3, -0.25) is 0 Å². The molecule has 2 aliphatic heterocycles. The van der Waals surface area contributed by atoms with Gasteiger partial charge in [0.1, 0.15) is 18.1 Å². The van der Waals surface area contributed by atoms with Crippen LogP contribution in [0.2, 0.25) is 0 Å². The average Bonchev–Trinajstić information content (AvgIpc) is 2.42. The molecule has 17 heavy (non-hydrogen) atoms. The number of rotatable bonds is 1. The Kier molecular flexibility index (Phi) is 3.66. The lowest BCUT2D eigenvalue weighted by Gasteiger charge is -2.11. The minimum absolute atomic E-state index is 0.766. The number of hydrogen-bond acceptors (Lipinski definition) is 2. The highest BCUT2D eigenvalue weighted by Gasteiger charge is 2.01. The van der Waals surface area contributed by atoms with Gasteiger partial charge in [0.05, 0.1) is 7.11 Å². The molecule has 2 aromatic rings.